The van der Waals surface area contributed by atoms with Gasteiger partial charge in [-0.1, -0.05) is 11.6 Å². The Morgan fingerprint density at radius 1 is 1.38 bits per heavy atom. The first-order valence-electron chi connectivity index (χ1n) is 7.85. The van der Waals surface area contributed by atoms with Gasteiger partial charge in [0.1, 0.15) is 6.04 Å². The quantitative estimate of drug-likeness (QED) is 0.756. The van der Waals surface area contributed by atoms with Crippen LogP contribution in [-0.2, 0) is 4.79 Å². The number of benzene rings is 1. The summed E-state index contributed by atoms with van der Waals surface area (Å²) in [6.07, 6.45) is 0.526. The van der Waals surface area contributed by atoms with Crippen LogP contribution in [0.2, 0.25) is 5.02 Å². The van der Waals surface area contributed by atoms with Crippen molar-refractivity contribution >= 4 is 35.1 Å². The average Bonchev–Trinajstić information content (AvgIpc) is 2.85. The molecular formula is C16H19ClN4O3. The van der Waals surface area contributed by atoms with Crippen LogP contribution in [-0.4, -0.2) is 47.4 Å². The molecule has 1 aromatic rings. The number of rotatable bonds is 2. The summed E-state index contributed by atoms with van der Waals surface area (Å²) in [4.78, 5) is 38.8. The van der Waals surface area contributed by atoms with Crippen molar-refractivity contribution in [3.8, 4) is 0 Å². The van der Waals surface area contributed by atoms with Crippen molar-refractivity contribution in [3.05, 3.63) is 28.8 Å². The lowest BCUT2D eigenvalue weighted by molar-refractivity contribution is -0.120. The van der Waals surface area contributed by atoms with Gasteiger partial charge < -0.3 is 20.9 Å². The van der Waals surface area contributed by atoms with Crippen LogP contribution < -0.4 is 16.0 Å². The normalized spacial score (nSPS) is 22.6. The van der Waals surface area contributed by atoms with Crippen molar-refractivity contribution in [2.24, 2.45) is 0 Å². The molecule has 4 amide bonds. The predicted molar refractivity (Wildman–Crippen MR) is 90.1 cm³/mol. The zero-order valence-corrected chi connectivity index (χ0v) is 14.2. The maximum atomic E-state index is 12.7. The Balaban J connectivity index is 1.85. The van der Waals surface area contributed by atoms with Gasteiger partial charge in [-0.3, -0.25) is 9.59 Å². The van der Waals surface area contributed by atoms with Crippen LogP contribution in [0.3, 0.4) is 0 Å². The van der Waals surface area contributed by atoms with Crippen molar-refractivity contribution in [3.63, 3.8) is 0 Å². The van der Waals surface area contributed by atoms with Crippen LogP contribution in [0.1, 0.15) is 30.6 Å². The van der Waals surface area contributed by atoms with Crippen LogP contribution in [0.25, 0.3) is 0 Å². The van der Waals surface area contributed by atoms with Gasteiger partial charge in [0.05, 0.1) is 17.3 Å². The van der Waals surface area contributed by atoms with E-state index in [-0.39, 0.29) is 23.9 Å². The van der Waals surface area contributed by atoms with Gasteiger partial charge in [0.2, 0.25) is 5.91 Å². The van der Waals surface area contributed by atoms with E-state index in [9.17, 15) is 14.4 Å². The molecule has 2 atom stereocenters. The second-order valence-corrected chi connectivity index (χ2v) is 6.73. The smallest absolute Gasteiger partial charge is 0.315 e. The van der Waals surface area contributed by atoms with Gasteiger partial charge in [0, 0.05) is 17.6 Å². The number of fused-ring (bicyclic) bond motifs is 2. The highest BCUT2D eigenvalue weighted by Gasteiger charge is 2.45. The summed E-state index contributed by atoms with van der Waals surface area (Å²) in [5.41, 5.74) is 0.805. The fourth-order valence-electron chi connectivity index (χ4n) is 3.14. The number of urea groups is 1. The molecule has 7 nitrogen and oxygen atoms in total. The Labute approximate surface area is 144 Å². The van der Waals surface area contributed by atoms with E-state index in [0.29, 0.717) is 29.2 Å². The second-order valence-electron chi connectivity index (χ2n) is 6.29. The largest absolute Gasteiger partial charge is 0.336 e. The molecule has 8 heteroatoms. The molecule has 0 bridgehead atoms. The molecule has 128 valence electrons. The predicted octanol–water partition coefficient (Wildman–Crippen LogP) is 1.58. The Hall–Kier alpha value is -2.28. The fourth-order valence-corrected chi connectivity index (χ4v) is 3.31. The van der Waals surface area contributed by atoms with Gasteiger partial charge in [-0.05, 0) is 38.5 Å². The zero-order chi connectivity index (χ0) is 17.4. The summed E-state index contributed by atoms with van der Waals surface area (Å²) in [5, 5.41) is 8.72. The number of halogens is 1. The topological polar surface area (TPSA) is 90.5 Å². The molecule has 0 aliphatic carbocycles. The van der Waals surface area contributed by atoms with E-state index in [1.807, 2.05) is 13.8 Å². The van der Waals surface area contributed by atoms with E-state index in [4.69, 9.17) is 11.6 Å². The summed E-state index contributed by atoms with van der Waals surface area (Å²) in [7, 11) is 0. The van der Waals surface area contributed by atoms with Gasteiger partial charge >= 0.3 is 6.03 Å². The first kappa shape index (κ1) is 16.6. The summed E-state index contributed by atoms with van der Waals surface area (Å²) in [6, 6.07) is 3.25. The summed E-state index contributed by atoms with van der Waals surface area (Å²) in [6.45, 7) is 4.11. The lowest BCUT2D eigenvalue weighted by Gasteiger charge is -2.25. The van der Waals surface area contributed by atoms with E-state index in [1.165, 1.54) is 4.90 Å². The molecule has 2 heterocycles. The third-order valence-corrected chi connectivity index (χ3v) is 4.37. The third-order valence-electron chi connectivity index (χ3n) is 4.13. The first-order valence-corrected chi connectivity index (χ1v) is 8.23. The highest BCUT2D eigenvalue weighted by atomic mass is 35.5. The van der Waals surface area contributed by atoms with Gasteiger partial charge in [-0.15, -0.1) is 0 Å². The number of carbonyl (C=O) groups excluding carboxylic acids is 3. The number of hydrogen-bond acceptors (Lipinski definition) is 3. The number of nitrogens with zero attached hydrogens (tertiary/aromatic N) is 1. The number of amides is 4. The van der Waals surface area contributed by atoms with Gasteiger partial charge in [0.25, 0.3) is 5.91 Å². The van der Waals surface area contributed by atoms with Gasteiger partial charge in [0.15, 0.2) is 0 Å². The molecule has 3 rings (SSSR count). The molecule has 1 aromatic carbocycles. The number of hydrogen-bond donors (Lipinski definition) is 3. The third kappa shape index (κ3) is 3.03. The monoisotopic (exact) mass is 350 g/mol. The molecule has 0 radical (unpaired) electrons. The molecule has 0 saturated carbocycles. The molecule has 0 aromatic heterocycles. The molecule has 24 heavy (non-hydrogen) atoms. The lowest BCUT2D eigenvalue weighted by atomic mass is 10.1. The van der Waals surface area contributed by atoms with E-state index in [0.717, 1.165) is 0 Å². The Morgan fingerprint density at radius 2 is 2.12 bits per heavy atom. The lowest BCUT2D eigenvalue weighted by Crippen LogP contribution is -2.54. The second kappa shape index (κ2) is 6.32. The summed E-state index contributed by atoms with van der Waals surface area (Å²) >= 11 is 5.95. The Bertz CT molecular complexity index is 707. The van der Waals surface area contributed by atoms with Crippen LogP contribution >= 0.6 is 11.6 Å². The van der Waals surface area contributed by atoms with E-state index in [1.54, 1.807) is 18.2 Å². The molecule has 1 fully saturated rings. The molecule has 0 spiro atoms. The average molecular weight is 351 g/mol. The van der Waals surface area contributed by atoms with Crippen molar-refractivity contribution in [1.82, 2.24) is 15.5 Å². The molecule has 1 saturated heterocycles. The van der Waals surface area contributed by atoms with Crippen molar-refractivity contribution < 1.29 is 14.4 Å². The summed E-state index contributed by atoms with van der Waals surface area (Å²) in [5.74, 6) is -0.560. The summed E-state index contributed by atoms with van der Waals surface area (Å²) < 4.78 is 0. The first-order chi connectivity index (χ1) is 11.4. The maximum Gasteiger partial charge on any atom is 0.315 e. The van der Waals surface area contributed by atoms with Crippen molar-refractivity contribution in [2.45, 2.75) is 38.4 Å². The molecule has 2 aliphatic heterocycles. The Morgan fingerprint density at radius 3 is 2.83 bits per heavy atom. The number of nitrogens with one attached hydrogen (secondary N) is 3. The molecular weight excluding hydrogens is 332 g/mol. The maximum absolute atomic E-state index is 12.7. The minimum absolute atomic E-state index is 0.0153. The van der Waals surface area contributed by atoms with Crippen LogP contribution in [0.4, 0.5) is 10.5 Å². The van der Waals surface area contributed by atoms with Crippen LogP contribution in [0.5, 0.6) is 0 Å². The zero-order valence-electron chi connectivity index (χ0n) is 13.4. The number of carbonyl (C=O) groups is 3. The highest BCUT2D eigenvalue weighted by Crippen LogP contribution is 2.30. The van der Waals surface area contributed by atoms with Crippen molar-refractivity contribution in [1.29, 1.82) is 0 Å². The molecule has 2 aliphatic rings. The highest BCUT2D eigenvalue weighted by molar-refractivity contribution is 6.31. The molecule has 3 N–H and O–H groups in total. The van der Waals surface area contributed by atoms with Crippen LogP contribution in [0.15, 0.2) is 18.2 Å². The minimum atomic E-state index is -0.735. The SMILES string of the molecule is CC(C)NC(=O)N[C@@H]1CCN2C(=O)c3ccc(Cl)cc3NC(=O)[C@H]12. The van der Waals surface area contributed by atoms with E-state index in [2.05, 4.69) is 16.0 Å². The van der Waals surface area contributed by atoms with Crippen LogP contribution in [0, 0.1) is 0 Å². The molecule has 0 unspecified atom stereocenters. The van der Waals surface area contributed by atoms with Crippen molar-refractivity contribution in [2.75, 3.05) is 11.9 Å². The fraction of sp³-hybridized carbons (Fsp3) is 0.438. The Kier molecular flexibility index (Phi) is 4.36. The number of anilines is 1. The van der Waals surface area contributed by atoms with E-state index < -0.39 is 12.1 Å². The minimum Gasteiger partial charge on any atom is -0.336 e. The van der Waals surface area contributed by atoms with Gasteiger partial charge in [-0.2, -0.15) is 0 Å². The standard InChI is InChI=1S/C16H19ClN4O3/c1-8(2)18-16(24)20-11-5-6-21-13(11)14(22)19-12-7-9(17)3-4-10(12)15(21)23/h3-4,7-8,11,13H,5-6H2,1-2H3,(H,19,22)(H2,18,20,24)/t11-,13+/m1/s1. The van der Waals surface area contributed by atoms with E-state index >= 15 is 0 Å². The van der Waals surface area contributed by atoms with Gasteiger partial charge in [-0.25, -0.2) is 4.79 Å².